The van der Waals surface area contributed by atoms with Crippen LogP contribution in [0.1, 0.15) is 42.9 Å². The zero-order valence-corrected chi connectivity index (χ0v) is 12.8. The molecule has 1 heterocycles. The molecule has 2 atom stereocenters. The number of imidazole rings is 1. The fraction of sp³-hybridized carbons (Fsp3) is 0.438. The highest BCUT2D eigenvalue weighted by Gasteiger charge is 2.17. The van der Waals surface area contributed by atoms with Gasteiger partial charge in [0.2, 0.25) is 0 Å². The second-order valence-corrected chi connectivity index (χ2v) is 5.25. The van der Waals surface area contributed by atoms with Crippen LogP contribution in [0.2, 0.25) is 0 Å². The Kier molecular flexibility index (Phi) is 4.45. The van der Waals surface area contributed by atoms with E-state index in [1.54, 1.807) is 7.11 Å². The molecule has 1 N–H and O–H groups in total. The van der Waals surface area contributed by atoms with E-state index >= 15 is 0 Å². The van der Waals surface area contributed by atoms with E-state index in [-0.39, 0.29) is 12.1 Å². The summed E-state index contributed by atoms with van der Waals surface area (Å²) in [6.07, 6.45) is 3.79. The minimum atomic E-state index is 0.176. The molecule has 4 nitrogen and oxygen atoms in total. The van der Waals surface area contributed by atoms with E-state index in [2.05, 4.69) is 43.2 Å². The summed E-state index contributed by atoms with van der Waals surface area (Å²) >= 11 is 0. The molecular weight excluding hydrogens is 250 g/mol. The van der Waals surface area contributed by atoms with Crippen molar-refractivity contribution in [1.82, 2.24) is 14.9 Å². The predicted molar refractivity (Wildman–Crippen MR) is 80.9 cm³/mol. The van der Waals surface area contributed by atoms with Crippen LogP contribution in [-0.2, 0) is 7.05 Å². The number of hydrogen-bond donors (Lipinski definition) is 1. The lowest BCUT2D eigenvalue weighted by Crippen LogP contribution is -2.25. The number of methoxy groups -OCH3 is 1. The van der Waals surface area contributed by atoms with E-state index in [0.717, 1.165) is 11.6 Å². The van der Waals surface area contributed by atoms with Crippen LogP contribution in [0.25, 0.3) is 0 Å². The van der Waals surface area contributed by atoms with E-state index in [9.17, 15) is 0 Å². The highest BCUT2D eigenvalue weighted by atomic mass is 16.5. The molecule has 108 valence electrons. The van der Waals surface area contributed by atoms with E-state index < -0.39 is 0 Å². The van der Waals surface area contributed by atoms with Gasteiger partial charge in [-0.3, -0.25) is 0 Å². The van der Waals surface area contributed by atoms with Gasteiger partial charge in [0, 0.05) is 31.0 Å². The lowest BCUT2D eigenvalue weighted by molar-refractivity contribution is 0.394. The number of nitrogens with one attached hydrogen (secondary N) is 1. The van der Waals surface area contributed by atoms with Gasteiger partial charge in [0.25, 0.3) is 0 Å². The zero-order chi connectivity index (χ0) is 14.7. The Morgan fingerprint density at radius 1 is 1.25 bits per heavy atom. The van der Waals surface area contributed by atoms with Crippen molar-refractivity contribution in [3.8, 4) is 5.75 Å². The van der Waals surface area contributed by atoms with Crippen molar-refractivity contribution < 1.29 is 4.74 Å². The van der Waals surface area contributed by atoms with Crippen LogP contribution in [0.4, 0.5) is 0 Å². The van der Waals surface area contributed by atoms with Gasteiger partial charge < -0.3 is 14.6 Å². The zero-order valence-electron chi connectivity index (χ0n) is 12.8. The van der Waals surface area contributed by atoms with Crippen molar-refractivity contribution in [2.24, 2.45) is 7.05 Å². The topological polar surface area (TPSA) is 39.1 Å². The standard InChI is InChI=1S/C16H23N3O/c1-11-6-7-15(20-5)14(10-11)12(2)18-13(3)16-17-8-9-19(16)4/h6-10,12-13,18H,1-5H3. The van der Waals surface area contributed by atoms with E-state index in [1.165, 1.54) is 11.1 Å². The van der Waals surface area contributed by atoms with Crippen LogP contribution in [0.5, 0.6) is 5.75 Å². The number of rotatable bonds is 5. The summed E-state index contributed by atoms with van der Waals surface area (Å²) in [7, 11) is 3.72. The van der Waals surface area contributed by atoms with Gasteiger partial charge in [-0.05, 0) is 26.8 Å². The molecule has 0 aliphatic heterocycles. The van der Waals surface area contributed by atoms with Crippen molar-refractivity contribution in [2.75, 3.05) is 7.11 Å². The first kappa shape index (κ1) is 14.6. The molecule has 0 spiro atoms. The second-order valence-electron chi connectivity index (χ2n) is 5.25. The smallest absolute Gasteiger partial charge is 0.125 e. The van der Waals surface area contributed by atoms with Crippen molar-refractivity contribution in [1.29, 1.82) is 0 Å². The molecule has 0 radical (unpaired) electrons. The Bertz CT molecular complexity index is 577. The van der Waals surface area contributed by atoms with Gasteiger partial charge in [-0.1, -0.05) is 17.7 Å². The molecule has 0 fully saturated rings. The first-order valence-electron chi connectivity index (χ1n) is 6.90. The monoisotopic (exact) mass is 273 g/mol. The predicted octanol–water partition coefficient (Wildman–Crippen LogP) is 3.15. The normalized spacial score (nSPS) is 14.1. The van der Waals surface area contributed by atoms with Gasteiger partial charge in [0.1, 0.15) is 11.6 Å². The van der Waals surface area contributed by atoms with E-state index in [0.29, 0.717) is 0 Å². The van der Waals surface area contributed by atoms with Crippen molar-refractivity contribution in [3.05, 3.63) is 47.5 Å². The Balaban J connectivity index is 2.18. The van der Waals surface area contributed by atoms with Gasteiger partial charge in [-0.25, -0.2) is 4.98 Å². The first-order valence-corrected chi connectivity index (χ1v) is 6.90. The lowest BCUT2D eigenvalue weighted by Gasteiger charge is -2.22. The maximum Gasteiger partial charge on any atom is 0.125 e. The summed E-state index contributed by atoms with van der Waals surface area (Å²) < 4.78 is 7.50. The Morgan fingerprint density at radius 2 is 2.00 bits per heavy atom. The SMILES string of the molecule is COc1ccc(C)cc1C(C)NC(C)c1nccn1C. The molecule has 20 heavy (non-hydrogen) atoms. The third kappa shape index (κ3) is 3.02. The molecule has 4 heteroatoms. The molecule has 2 aromatic rings. The molecule has 0 amide bonds. The van der Waals surface area contributed by atoms with Gasteiger partial charge in [-0.15, -0.1) is 0 Å². The fourth-order valence-corrected chi connectivity index (χ4v) is 2.53. The summed E-state index contributed by atoms with van der Waals surface area (Å²) in [6.45, 7) is 6.37. The average molecular weight is 273 g/mol. The second kappa shape index (κ2) is 6.09. The molecule has 0 bridgehead atoms. The molecule has 2 unspecified atom stereocenters. The Morgan fingerprint density at radius 3 is 2.60 bits per heavy atom. The average Bonchev–Trinajstić information content (AvgIpc) is 2.85. The molecule has 1 aromatic carbocycles. The highest BCUT2D eigenvalue weighted by molar-refractivity contribution is 5.39. The molecule has 1 aromatic heterocycles. The maximum atomic E-state index is 5.46. The molecular formula is C16H23N3O. The van der Waals surface area contributed by atoms with E-state index in [1.807, 2.05) is 30.1 Å². The van der Waals surface area contributed by atoms with Crippen LogP contribution in [-0.4, -0.2) is 16.7 Å². The molecule has 0 saturated heterocycles. The lowest BCUT2D eigenvalue weighted by atomic mass is 10.0. The largest absolute Gasteiger partial charge is 0.496 e. The highest BCUT2D eigenvalue weighted by Crippen LogP contribution is 2.27. The minimum Gasteiger partial charge on any atom is -0.496 e. The summed E-state index contributed by atoms with van der Waals surface area (Å²) in [5.74, 6) is 1.95. The van der Waals surface area contributed by atoms with Crippen molar-refractivity contribution >= 4 is 0 Å². The van der Waals surface area contributed by atoms with Crippen LogP contribution in [0, 0.1) is 6.92 Å². The fourth-order valence-electron chi connectivity index (χ4n) is 2.53. The maximum absolute atomic E-state index is 5.46. The summed E-state index contributed by atoms with van der Waals surface area (Å²) in [5.41, 5.74) is 2.41. The molecule has 0 saturated carbocycles. The molecule has 0 aliphatic rings. The van der Waals surface area contributed by atoms with Crippen molar-refractivity contribution in [2.45, 2.75) is 32.9 Å². The third-order valence-electron chi connectivity index (χ3n) is 3.60. The first-order chi connectivity index (χ1) is 9.52. The number of nitrogens with zero attached hydrogens (tertiary/aromatic N) is 2. The van der Waals surface area contributed by atoms with Gasteiger partial charge in [0.05, 0.1) is 13.2 Å². The number of aryl methyl sites for hydroxylation is 2. The Labute approximate surface area is 120 Å². The number of benzene rings is 1. The van der Waals surface area contributed by atoms with E-state index in [4.69, 9.17) is 4.74 Å². The van der Waals surface area contributed by atoms with Crippen LogP contribution in [0.3, 0.4) is 0 Å². The summed E-state index contributed by atoms with van der Waals surface area (Å²) in [6, 6.07) is 6.62. The third-order valence-corrected chi connectivity index (χ3v) is 3.60. The summed E-state index contributed by atoms with van der Waals surface area (Å²) in [4.78, 5) is 4.39. The number of hydrogen-bond acceptors (Lipinski definition) is 3. The van der Waals surface area contributed by atoms with Gasteiger partial charge >= 0.3 is 0 Å². The number of ether oxygens (including phenoxy) is 1. The van der Waals surface area contributed by atoms with Crippen LogP contribution < -0.4 is 10.1 Å². The quantitative estimate of drug-likeness (QED) is 0.909. The minimum absolute atomic E-state index is 0.176. The van der Waals surface area contributed by atoms with Crippen molar-refractivity contribution in [3.63, 3.8) is 0 Å². The molecule has 0 aliphatic carbocycles. The van der Waals surface area contributed by atoms with Crippen LogP contribution in [0.15, 0.2) is 30.6 Å². The summed E-state index contributed by atoms with van der Waals surface area (Å²) in [5, 5.41) is 3.58. The Hall–Kier alpha value is -1.81. The van der Waals surface area contributed by atoms with Gasteiger partial charge in [-0.2, -0.15) is 0 Å². The number of aromatic nitrogens is 2. The van der Waals surface area contributed by atoms with Crippen LogP contribution >= 0.6 is 0 Å². The van der Waals surface area contributed by atoms with Gasteiger partial charge in [0.15, 0.2) is 0 Å². The molecule has 2 rings (SSSR count).